The van der Waals surface area contributed by atoms with Gasteiger partial charge in [0.25, 0.3) is 0 Å². The van der Waals surface area contributed by atoms with Crippen molar-refractivity contribution in [2.45, 2.75) is 304 Å². The molecule has 6 aliphatic heterocycles. The quantitative estimate of drug-likeness (QED) is 0.0389. The molecule has 0 radical (unpaired) electrons. The Balaban J connectivity index is 0.797. The summed E-state index contributed by atoms with van der Waals surface area (Å²) >= 11 is 0. The second-order valence-corrected chi connectivity index (χ2v) is 31.5. The van der Waals surface area contributed by atoms with Gasteiger partial charge in [0.1, 0.15) is 128 Å². The Labute approximate surface area is 561 Å². The van der Waals surface area contributed by atoms with Crippen LogP contribution in [0.4, 0.5) is 0 Å². The Kier molecular flexibility index (Phi) is 22.4. The molecule has 32 nitrogen and oxygen atoms in total. The highest BCUT2D eigenvalue weighted by atomic mass is 16.8. The summed E-state index contributed by atoms with van der Waals surface area (Å²) in [6.07, 6.45) is -44.5. The average Bonchev–Trinajstić information content (AvgIpc) is 0.674. The minimum atomic E-state index is -1.95. The lowest BCUT2D eigenvalue weighted by molar-refractivity contribution is -0.385. The van der Waals surface area contributed by atoms with E-state index in [0.29, 0.717) is 51.4 Å². The normalized spacial score (nSPS) is 55.5. The first-order valence-corrected chi connectivity index (χ1v) is 34.2. The lowest BCUT2D eigenvalue weighted by Gasteiger charge is -2.72. The number of hydrogen-bond donors (Lipinski definition) is 19. The lowest BCUT2D eigenvalue weighted by atomic mass is 9.33. The zero-order valence-corrected chi connectivity index (χ0v) is 55.9. The summed E-state index contributed by atoms with van der Waals surface area (Å²) in [5.74, 6) is -1.55. The number of carbonyl (C=O) groups is 1. The average molecular weight is 1400 g/mol. The van der Waals surface area contributed by atoms with Crippen LogP contribution in [0.3, 0.4) is 0 Å². The molecular weight excluding hydrogens is 1290 g/mol. The van der Waals surface area contributed by atoms with E-state index in [0.717, 1.165) is 5.57 Å². The Bertz CT molecular complexity index is 2730. The van der Waals surface area contributed by atoms with Crippen LogP contribution in [0.15, 0.2) is 11.6 Å². The van der Waals surface area contributed by atoms with Crippen LogP contribution in [0, 0.1) is 50.2 Å². The molecular formula is C65H106O32. The van der Waals surface area contributed by atoms with Crippen LogP contribution in [0.5, 0.6) is 0 Å². The van der Waals surface area contributed by atoms with Crippen molar-refractivity contribution in [2.75, 3.05) is 33.0 Å². The highest BCUT2D eigenvalue weighted by molar-refractivity contribution is 5.79. The van der Waals surface area contributed by atoms with E-state index >= 15 is 4.79 Å². The van der Waals surface area contributed by atoms with Gasteiger partial charge in [0.15, 0.2) is 31.5 Å². The third-order valence-corrected chi connectivity index (χ3v) is 25.3. The summed E-state index contributed by atoms with van der Waals surface area (Å²) in [5, 5.41) is 208. The molecule has 6 saturated heterocycles. The molecule has 558 valence electrons. The molecule has 0 aromatic carbocycles. The number of carbonyl (C=O) groups excluding carboxylic acids is 1. The minimum Gasteiger partial charge on any atom is -0.432 e. The van der Waals surface area contributed by atoms with Crippen LogP contribution in [0.25, 0.3) is 0 Å². The van der Waals surface area contributed by atoms with Gasteiger partial charge in [0.2, 0.25) is 6.29 Å². The summed E-state index contributed by atoms with van der Waals surface area (Å²) < 4.78 is 71.4. The summed E-state index contributed by atoms with van der Waals surface area (Å²) in [5.41, 5.74) is -3.32. The van der Waals surface area contributed by atoms with Gasteiger partial charge in [-0.05, 0) is 111 Å². The number of rotatable bonds is 16. The molecule has 4 saturated carbocycles. The molecule has 10 fully saturated rings. The van der Waals surface area contributed by atoms with Crippen molar-refractivity contribution in [1.82, 2.24) is 0 Å². The molecule has 0 aromatic rings. The van der Waals surface area contributed by atoms with E-state index in [1.165, 1.54) is 13.8 Å². The smallest absolute Gasteiger partial charge is 0.315 e. The minimum absolute atomic E-state index is 0.131. The Hall–Kier alpha value is -1.99. The van der Waals surface area contributed by atoms with Gasteiger partial charge < -0.3 is 154 Å². The van der Waals surface area contributed by atoms with Crippen LogP contribution in [-0.4, -0.2) is 326 Å². The molecule has 11 rings (SSSR count). The maximum atomic E-state index is 15.4. The van der Waals surface area contributed by atoms with E-state index in [2.05, 4.69) is 40.7 Å². The highest BCUT2D eigenvalue weighted by Crippen LogP contribution is 2.76. The van der Waals surface area contributed by atoms with Gasteiger partial charge in [-0.15, -0.1) is 0 Å². The second-order valence-electron chi connectivity index (χ2n) is 31.5. The zero-order valence-electron chi connectivity index (χ0n) is 55.9. The summed E-state index contributed by atoms with van der Waals surface area (Å²) in [7, 11) is 0. The number of fused-ring (bicyclic) bond motifs is 7. The van der Waals surface area contributed by atoms with Gasteiger partial charge in [-0.1, -0.05) is 53.2 Å². The fourth-order valence-electron chi connectivity index (χ4n) is 19.1. The van der Waals surface area contributed by atoms with E-state index in [1.54, 1.807) is 0 Å². The van der Waals surface area contributed by atoms with Crippen LogP contribution >= 0.6 is 0 Å². The largest absolute Gasteiger partial charge is 0.432 e. The van der Waals surface area contributed by atoms with Crippen LogP contribution < -0.4 is 0 Å². The van der Waals surface area contributed by atoms with Gasteiger partial charge in [0.05, 0.1) is 62.9 Å². The predicted octanol–water partition coefficient (Wildman–Crippen LogP) is -5.75. The van der Waals surface area contributed by atoms with Crippen molar-refractivity contribution in [3.63, 3.8) is 0 Å². The molecule has 6 heterocycles. The first kappa shape index (κ1) is 76.1. The van der Waals surface area contributed by atoms with E-state index < -0.39 is 262 Å². The molecule has 32 heteroatoms. The molecule has 0 bridgehead atoms. The van der Waals surface area contributed by atoms with Crippen molar-refractivity contribution in [1.29, 1.82) is 0 Å². The monoisotopic (exact) mass is 1400 g/mol. The fraction of sp³-hybridized carbons (Fsp3) is 0.954. The number of allylic oxidation sites excluding steroid dienone is 2. The molecule has 39 unspecified atom stereocenters. The molecule has 11 aliphatic rings. The van der Waals surface area contributed by atoms with Crippen molar-refractivity contribution in [2.24, 2.45) is 50.2 Å². The molecule has 5 aliphatic carbocycles. The zero-order chi connectivity index (χ0) is 70.9. The van der Waals surface area contributed by atoms with Crippen LogP contribution in [0.2, 0.25) is 0 Å². The lowest BCUT2D eigenvalue weighted by Crippen LogP contribution is -2.69. The Morgan fingerprint density at radius 1 is 0.505 bits per heavy atom. The topological polar surface area (TPSA) is 512 Å². The van der Waals surface area contributed by atoms with Crippen LogP contribution in [0.1, 0.15) is 113 Å². The molecule has 39 atom stereocenters. The van der Waals surface area contributed by atoms with Crippen LogP contribution in [-0.2, 0) is 61.6 Å². The van der Waals surface area contributed by atoms with Gasteiger partial charge in [-0.3, -0.25) is 4.79 Å². The SMILES string of the molecule is CC1OC(OC2C(CO)OC(OCC3OC(OC(=O)C45CCC(C)(C)CC4C4=CCC6C7(C)CC(O)C(OC8OCC(OC9OC(CO)C(O)C(O)C9O)C(O)C8OC8OC(C)C(O)C(O)C8O)C(C)(CO)C7CCC6(C)C4(C)CC5)C(O)C(O)C3O)C(O)C2O)C(O)C(O)C1O. The molecule has 0 aromatic heterocycles. The standard InChI is InChI=1S/C65H106O32/c1-24-35(70)40(75)45(80)54(88-24)94-50-30(20-67)91-53(49(84)44(50)79)86-21-31-38(73)43(78)48(83)57(92-31)97-59(85)65-15-13-60(3,4)17-27(65)26-9-10-34-61(5)18-28(69)52(62(6,23-68)33(61)11-12-64(34,8)63(26,7)14-16-65)96-58-51(95-55-46(81)41(76)36(71)25(2)89-55)39(74)32(22-87-58)93-56-47(82)42(77)37(72)29(19-66)90-56/h9,24-25,27-58,66-84H,10-23H2,1-8H3. The van der Waals surface area contributed by atoms with Gasteiger partial charge in [-0.25, -0.2) is 0 Å². The highest BCUT2D eigenvalue weighted by Gasteiger charge is 2.72. The number of aliphatic hydroxyl groups is 19. The molecule has 97 heavy (non-hydrogen) atoms. The van der Waals surface area contributed by atoms with Crippen molar-refractivity contribution >= 4 is 5.97 Å². The first-order chi connectivity index (χ1) is 45.5. The summed E-state index contributed by atoms with van der Waals surface area (Å²) in [6, 6.07) is 0. The first-order valence-electron chi connectivity index (χ1n) is 34.2. The maximum absolute atomic E-state index is 15.4. The van der Waals surface area contributed by atoms with E-state index in [1.807, 2.05) is 6.92 Å². The summed E-state index contributed by atoms with van der Waals surface area (Å²) in [4.78, 5) is 15.4. The maximum Gasteiger partial charge on any atom is 0.315 e. The number of hydrogen-bond acceptors (Lipinski definition) is 32. The fourth-order valence-corrected chi connectivity index (χ4v) is 19.1. The third kappa shape index (κ3) is 13.0. The number of aliphatic hydroxyl groups excluding tert-OH is 19. The van der Waals surface area contributed by atoms with Gasteiger partial charge in [0, 0.05) is 5.41 Å². The predicted molar refractivity (Wildman–Crippen MR) is 322 cm³/mol. The van der Waals surface area contributed by atoms with Crippen molar-refractivity contribution < 1.29 is 159 Å². The van der Waals surface area contributed by atoms with Gasteiger partial charge >= 0.3 is 5.97 Å². The molecule has 0 spiro atoms. The molecule has 0 amide bonds. The van der Waals surface area contributed by atoms with E-state index in [4.69, 9.17) is 56.8 Å². The third-order valence-electron chi connectivity index (χ3n) is 25.3. The van der Waals surface area contributed by atoms with Crippen molar-refractivity contribution in [3.05, 3.63) is 11.6 Å². The van der Waals surface area contributed by atoms with Gasteiger partial charge in [-0.2, -0.15) is 0 Å². The summed E-state index contributed by atoms with van der Waals surface area (Å²) in [6.45, 7) is 12.3. The van der Waals surface area contributed by atoms with Crippen molar-refractivity contribution in [3.8, 4) is 0 Å². The molecule has 19 N–H and O–H groups in total. The number of ether oxygens (including phenoxy) is 12. The Morgan fingerprint density at radius 3 is 1.63 bits per heavy atom. The Morgan fingerprint density at radius 2 is 1.03 bits per heavy atom. The van der Waals surface area contributed by atoms with E-state index in [9.17, 15) is 97.0 Å². The van der Waals surface area contributed by atoms with E-state index in [-0.39, 0.29) is 23.7 Å². The number of esters is 1. The second kappa shape index (κ2) is 28.5.